The van der Waals surface area contributed by atoms with Crippen LogP contribution in [0.4, 0.5) is 0 Å². The second-order valence-corrected chi connectivity index (χ2v) is 7.56. The average molecular weight is 309 g/mol. The fraction of sp³-hybridized carbons (Fsp3) is 0.882. The molecule has 2 aliphatic heterocycles. The van der Waals surface area contributed by atoms with E-state index in [0.29, 0.717) is 12.5 Å². The van der Waals surface area contributed by atoms with Crippen LogP contribution < -0.4 is 0 Å². The van der Waals surface area contributed by atoms with Gasteiger partial charge in [-0.1, -0.05) is 13.8 Å². The smallest absolute Gasteiger partial charge is 0.225 e. The summed E-state index contributed by atoms with van der Waals surface area (Å²) in [4.78, 5) is 31.2. The standard InChI is InChI=1S/C17H31N3O2/c1-6-18-10-17(9-15(18)21)11-19(14(4)5)7-8-20(12-17)16(22)13(2)3/h13-14H,6-12H2,1-5H3. The molecule has 1 atom stereocenters. The summed E-state index contributed by atoms with van der Waals surface area (Å²) in [5, 5.41) is 0. The molecule has 2 amide bonds. The molecule has 0 aliphatic carbocycles. The maximum Gasteiger partial charge on any atom is 0.225 e. The van der Waals surface area contributed by atoms with Crippen molar-refractivity contribution < 1.29 is 9.59 Å². The molecule has 0 aromatic heterocycles. The van der Waals surface area contributed by atoms with Crippen molar-refractivity contribution in [3.05, 3.63) is 0 Å². The van der Waals surface area contributed by atoms with Gasteiger partial charge in [-0.15, -0.1) is 0 Å². The molecule has 5 heteroatoms. The quantitative estimate of drug-likeness (QED) is 0.792. The largest absolute Gasteiger partial charge is 0.342 e. The zero-order valence-corrected chi connectivity index (χ0v) is 14.8. The second kappa shape index (κ2) is 6.57. The molecule has 2 saturated heterocycles. The minimum absolute atomic E-state index is 0.0158. The molecule has 2 heterocycles. The van der Waals surface area contributed by atoms with E-state index in [4.69, 9.17) is 0 Å². The Morgan fingerprint density at radius 1 is 1.14 bits per heavy atom. The molecule has 2 rings (SSSR count). The minimum atomic E-state index is -0.0988. The summed E-state index contributed by atoms with van der Waals surface area (Å²) in [6.45, 7) is 15.2. The Balaban J connectivity index is 2.25. The predicted molar refractivity (Wildman–Crippen MR) is 87.4 cm³/mol. The molecule has 0 aromatic rings. The first-order valence-corrected chi connectivity index (χ1v) is 8.58. The van der Waals surface area contributed by atoms with Crippen molar-refractivity contribution in [2.45, 2.75) is 47.1 Å². The van der Waals surface area contributed by atoms with Crippen LogP contribution >= 0.6 is 0 Å². The zero-order chi connectivity index (χ0) is 16.5. The van der Waals surface area contributed by atoms with Gasteiger partial charge in [-0.2, -0.15) is 0 Å². The van der Waals surface area contributed by atoms with Gasteiger partial charge in [0, 0.05) is 63.1 Å². The van der Waals surface area contributed by atoms with Crippen LogP contribution in [0.25, 0.3) is 0 Å². The summed E-state index contributed by atoms with van der Waals surface area (Å²) in [6, 6.07) is 0.441. The van der Waals surface area contributed by atoms with Crippen LogP contribution in [0.5, 0.6) is 0 Å². The highest BCUT2D eigenvalue weighted by atomic mass is 16.2. The summed E-state index contributed by atoms with van der Waals surface area (Å²) in [6.07, 6.45) is 0.575. The fourth-order valence-electron chi connectivity index (χ4n) is 3.77. The SMILES string of the molecule is CCN1CC2(CC1=O)CN(C(=O)C(C)C)CCN(C(C)C)C2. The van der Waals surface area contributed by atoms with Gasteiger partial charge in [-0.25, -0.2) is 0 Å². The molecule has 5 nitrogen and oxygen atoms in total. The zero-order valence-electron chi connectivity index (χ0n) is 14.8. The maximum atomic E-state index is 12.5. The van der Waals surface area contributed by atoms with Gasteiger partial charge < -0.3 is 9.80 Å². The summed E-state index contributed by atoms with van der Waals surface area (Å²) in [7, 11) is 0. The Labute approximate surface area is 134 Å². The lowest BCUT2D eigenvalue weighted by Crippen LogP contribution is -2.46. The van der Waals surface area contributed by atoms with Crippen molar-refractivity contribution in [1.82, 2.24) is 14.7 Å². The molecule has 0 N–H and O–H groups in total. The Morgan fingerprint density at radius 3 is 2.32 bits per heavy atom. The minimum Gasteiger partial charge on any atom is -0.342 e. The van der Waals surface area contributed by atoms with Crippen LogP contribution in [-0.4, -0.2) is 71.8 Å². The summed E-state index contributed by atoms with van der Waals surface area (Å²) in [5.41, 5.74) is -0.0988. The first kappa shape index (κ1) is 17.3. The van der Waals surface area contributed by atoms with Gasteiger partial charge in [0.1, 0.15) is 0 Å². The molecular formula is C17H31N3O2. The Bertz CT molecular complexity index is 436. The maximum absolute atomic E-state index is 12.5. The first-order chi connectivity index (χ1) is 10.3. The fourth-order valence-corrected chi connectivity index (χ4v) is 3.77. The van der Waals surface area contributed by atoms with Crippen molar-refractivity contribution in [3.63, 3.8) is 0 Å². The van der Waals surface area contributed by atoms with Crippen molar-refractivity contribution in [3.8, 4) is 0 Å². The van der Waals surface area contributed by atoms with E-state index in [0.717, 1.165) is 39.3 Å². The molecular weight excluding hydrogens is 278 g/mol. The van der Waals surface area contributed by atoms with Crippen LogP contribution in [-0.2, 0) is 9.59 Å². The summed E-state index contributed by atoms with van der Waals surface area (Å²) < 4.78 is 0. The molecule has 0 bridgehead atoms. The van der Waals surface area contributed by atoms with Gasteiger partial charge in [0.15, 0.2) is 0 Å². The molecule has 1 spiro atoms. The van der Waals surface area contributed by atoms with E-state index in [9.17, 15) is 9.59 Å². The number of hydrogen-bond donors (Lipinski definition) is 0. The van der Waals surface area contributed by atoms with Gasteiger partial charge >= 0.3 is 0 Å². The second-order valence-electron chi connectivity index (χ2n) is 7.56. The molecule has 0 radical (unpaired) electrons. The van der Waals surface area contributed by atoms with Crippen LogP contribution in [0, 0.1) is 11.3 Å². The molecule has 1 unspecified atom stereocenters. The normalized spacial score (nSPS) is 27.3. The number of rotatable bonds is 3. The Hall–Kier alpha value is -1.10. The highest BCUT2D eigenvalue weighted by Crippen LogP contribution is 2.35. The monoisotopic (exact) mass is 309 g/mol. The number of carbonyl (C=O) groups excluding carboxylic acids is 2. The van der Waals surface area contributed by atoms with E-state index in [1.165, 1.54) is 0 Å². The van der Waals surface area contributed by atoms with Crippen LogP contribution in [0.2, 0.25) is 0 Å². The van der Waals surface area contributed by atoms with E-state index in [1.807, 2.05) is 30.6 Å². The van der Waals surface area contributed by atoms with Gasteiger partial charge in [-0.05, 0) is 20.8 Å². The number of likely N-dealkylation sites (tertiary alicyclic amines) is 1. The van der Waals surface area contributed by atoms with Gasteiger partial charge in [0.25, 0.3) is 0 Å². The van der Waals surface area contributed by atoms with Crippen molar-refractivity contribution in [2.75, 3.05) is 39.3 Å². The number of hydrogen-bond acceptors (Lipinski definition) is 3. The number of nitrogens with zero attached hydrogens (tertiary/aromatic N) is 3. The molecule has 0 saturated carbocycles. The Kier molecular flexibility index (Phi) is 5.15. The summed E-state index contributed by atoms with van der Waals surface area (Å²) >= 11 is 0. The molecule has 22 heavy (non-hydrogen) atoms. The van der Waals surface area contributed by atoms with Gasteiger partial charge in [0.05, 0.1) is 0 Å². The lowest BCUT2D eigenvalue weighted by Gasteiger charge is -2.35. The summed E-state index contributed by atoms with van der Waals surface area (Å²) in [5.74, 6) is 0.472. The van der Waals surface area contributed by atoms with E-state index >= 15 is 0 Å². The van der Waals surface area contributed by atoms with E-state index in [2.05, 4.69) is 18.7 Å². The predicted octanol–water partition coefficient (Wildman–Crippen LogP) is 1.43. The lowest BCUT2D eigenvalue weighted by molar-refractivity contribution is -0.135. The van der Waals surface area contributed by atoms with Crippen molar-refractivity contribution >= 4 is 11.8 Å². The molecule has 2 aliphatic rings. The molecule has 126 valence electrons. The topological polar surface area (TPSA) is 43.9 Å². The lowest BCUT2D eigenvalue weighted by atomic mass is 9.85. The van der Waals surface area contributed by atoms with E-state index in [1.54, 1.807) is 0 Å². The van der Waals surface area contributed by atoms with Crippen molar-refractivity contribution in [2.24, 2.45) is 11.3 Å². The van der Waals surface area contributed by atoms with Crippen LogP contribution in [0.3, 0.4) is 0 Å². The van der Waals surface area contributed by atoms with Gasteiger partial charge in [0.2, 0.25) is 11.8 Å². The third-order valence-electron chi connectivity index (χ3n) is 5.04. The van der Waals surface area contributed by atoms with Crippen LogP contribution in [0.1, 0.15) is 41.0 Å². The highest BCUT2D eigenvalue weighted by Gasteiger charge is 2.47. The third kappa shape index (κ3) is 3.45. The van der Waals surface area contributed by atoms with E-state index in [-0.39, 0.29) is 23.1 Å². The Morgan fingerprint density at radius 2 is 1.82 bits per heavy atom. The number of carbonyl (C=O) groups is 2. The number of amides is 2. The average Bonchev–Trinajstić information content (AvgIpc) is 2.64. The first-order valence-electron chi connectivity index (χ1n) is 8.58. The molecule has 2 fully saturated rings. The van der Waals surface area contributed by atoms with Crippen molar-refractivity contribution in [1.29, 1.82) is 0 Å². The van der Waals surface area contributed by atoms with E-state index < -0.39 is 0 Å². The van der Waals surface area contributed by atoms with Gasteiger partial charge in [-0.3, -0.25) is 14.5 Å². The van der Waals surface area contributed by atoms with Crippen LogP contribution in [0.15, 0.2) is 0 Å². The highest BCUT2D eigenvalue weighted by molar-refractivity contribution is 5.81. The third-order valence-corrected chi connectivity index (χ3v) is 5.04. The molecule has 0 aromatic carbocycles.